The molecule has 132 valence electrons. The number of ether oxygens (including phenoxy) is 1. The molecule has 0 aromatic rings. The molecule has 4 rings (SSSR count). The fourth-order valence-electron chi connectivity index (χ4n) is 5.09. The maximum absolute atomic E-state index is 13.1. The number of carbonyl (C=O) groups is 1. The lowest BCUT2D eigenvalue weighted by atomic mass is 9.49. The van der Waals surface area contributed by atoms with Gasteiger partial charge < -0.3 is 4.74 Å². The molecule has 0 aliphatic heterocycles. The molecule has 0 aromatic carbocycles. The van der Waals surface area contributed by atoms with E-state index < -0.39 is 27.2 Å². The lowest BCUT2D eigenvalue weighted by molar-refractivity contribution is -0.171. The fourth-order valence-corrected chi connectivity index (χ4v) is 5.49. The second kappa shape index (κ2) is 5.65. The molecular formula is C15H22F2O5S. The topological polar surface area (TPSA) is 80.7 Å². The molecule has 23 heavy (non-hydrogen) atoms. The van der Waals surface area contributed by atoms with Gasteiger partial charge in [0.1, 0.15) is 0 Å². The first-order chi connectivity index (χ1) is 10.6. The van der Waals surface area contributed by atoms with Crippen LogP contribution in [-0.4, -0.2) is 30.8 Å². The van der Waals surface area contributed by atoms with Crippen molar-refractivity contribution in [3.8, 4) is 0 Å². The highest BCUT2D eigenvalue weighted by molar-refractivity contribution is 7.86. The average molecular weight is 352 g/mol. The van der Waals surface area contributed by atoms with E-state index in [4.69, 9.17) is 9.29 Å². The molecule has 0 atom stereocenters. The molecule has 8 heteroatoms. The van der Waals surface area contributed by atoms with Crippen molar-refractivity contribution < 1.29 is 31.3 Å². The van der Waals surface area contributed by atoms with Crippen LogP contribution in [0.2, 0.25) is 0 Å². The Morgan fingerprint density at radius 2 is 1.61 bits per heavy atom. The van der Waals surface area contributed by atoms with Gasteiger partial charge in [0.05, 0.1) is 12.0 Å². The van der Waals surface area contributed by atoms with Crippen molar-refractivity contribution in [3.63, 3.8) is 0 Å². The highest BCUT2D eigenvalue weighted by atomic mass is 32.2. The molecule has 4 aliphatic rings. The first-order valence-corrected chi connectivity index (χ1v) is 9.57. The van der Waals surface area contributed by atoms with Crippen LogP contribution in [0.25, 0.3) is 0 Å². The molecule has 4 bridgehead atoms. The number of halogens is 2. The summed E-state index contributed by atoms with van der Waals surface area (Å²) in [4.78, 5) is 12.4. The molecule has 4 saturated carbocycles. The van der Waals surface area contributed by atoms with Crippen LogP contribution in [0.4, 0.5) is 8.78 Å². The normalized spacial score (nSPS) is 36.2. The number of hydrogen-bond acceptors (Lipinski definition) is 4. The van der Waals surface area contributed by atoms with E-state index in [1.54, 1.807) is 0 Å². The first-order valence-electron chi connectivity index (χ1n) is 8.13. The van der Waals surface area contributed by atoms with E-state index >= 15 is 0 Å². The van der Waals surface area contributed by atoms with Crippen LogP contribution in [0.15, 0.2) is 0 Å². The number of alkyl halides is 2. The van der Waals surface area contributed by atoms with E-state index in [9.17, 15) is 22.0 Å². The van der Waals surface area contributed by atoms with Crippen LogP contribution >= 0.6 is 0 Å². The number of esters is 1. The van der Waals surface area contributed by atoms with Gasteiger partial charge in [0.25, 0.3) is 0 Å². The zero-order chi connectivity index (χ0) is 16.9. The molecule has 0 amide bonds. The maximum Gasteiger partial charge on any atom is 0.370 e. The van der Waals surface area contributed by atoms with Gasteiger partial charge in [0.2, 0.25) is 0 Å². The van der Waals surface area contributed by atoms with Gasteiger partial charge in [-0.15, -0.1) is 0 Å². The van der Waals surface area contributed by atoms with Crippen LogP contribution in [0.5, 0.6) is 0 Å². The summed E-state index contributed by atoms with van der Waals surface area (Å²) in [5, 5.41) is -4.19. The quantitative estimate of drug-likeness (QED) is 0.451. The summed E-state index contributed by atoms with van der Waals surface area (Å²) < 4.78 is 60.8. The Labute approximate surface area is 134 Å². The van der Waals surface area contributed by atoms with E-state index in [1.807, 2.05) is 0 Å². The Morgan fingerprint density at radius 3 is 2.04 bits per heavy atom. The summed E-state index contributed by atoms with van der Waals surface area (Å²) in [7, 11) is -5.41. The lowest BCUT2D eigenvalue weighted by Crippen LogP contribution is -2.50. The summed E-state index contributed by atoms with van der Waals surface area (Å²) in [6.45, 7) is -0.244. The fraction of sp³-hybridized carbons (Fsp3) is 0.933. The number of carbonyl (C=O) groups excluding carboxylic acids is 1. The van der Waals surface area contributed by atoms with E-state index in [0.29, 0.717) is 17.8 Å². The second-order valence-electron chi connectivity index (χ2n) is 7.55. The Morgan fingerprint density at radius 1 is 1.13 bits per heavy atom. The highest BCUT2D eigenvalue weighted by Crippen LogP contribution is 2.60. The van der Waals surface area contributed by atoms with Crippen molar-refractivity contribution in [2.75, 3.05) is 6.61 Å². The van der Waals surface area contributed by atoms with Crippen LogP contribution in [0.3, 0.4) is 0 Å². The maximum atomic E-state index is 13.1. The third-order valence-corrected chi connectivity index (χ3v) is 6.65. The molecule has 0 radical (unpaired) electrons. The molecule has 4 fully saturated rings. The molecule has 5 nitrogen and oxygen atoms in total. The SMILES string of the molecule is O=C(OCCCC(F)(F)S(=O)(=O)O)C12CC3CC(CC(C3)C1)C2. The number of hydrogen-bond donors (Lipinski definition) is 1. The second-order valence-corrected chi connectivity index (χ2v) is 9.10. The third kappa shape index (κ3) is 3.24. The Bertz CT molecular complexity index is 551. The molecular weight excluding hydrogens is 330 g/mol. The first kappa shape index (κ1) is 17.1. The van der Waals surface area contributed by atoms with Gasteiger partial charge in [-0.2, -0.15) is 17.2 Å². The van der Waals surface area contributed by atoms with E-state index in [1.165, 1.54) is 19.3 Å². The van der Waals surface area contributed by atoms with Gasteiger partial charge in [0.15, 0.2) is 0 Å². The molecule has 0 saturated heterocycles. The third-order valence-electron chi connectivity index (χ3n) is 5.69. The van der Waals surface area contributed by atoms with Gasteiger partial charge in [0, 0.05) is 6.42 Å². The van der Waals surface area contributed by atoms with Crippen molar-refractivity contribution in [2.24, 2.45) is 23.2 Å². The minimum absolute atomic E-state index is 0.244. The number of rotatable bonds is 6. The van der Waals surface area contributed by atoms with Crippen LogP contribution < -0.4 is 0 Å². The largest absolute Gasteiger partial charge is 0.465 e. The average Bonchev–Trinajstić information content (AvgIpc) is 2.40. The Hall–Kier alpha value is -0.760. The monoisotopic (exact) mass is 352 g/mol. The van der Waals surface area contributed by atoms with Crippen molar-refractivity contribution in [2.45, 2.75) is 56.6 Å². The lowest BCUT2D eigenvalue weighted by Gasteiger charge is -2.55. The zero-order valence-corrected chi connectivity index (χ0v) is 13.7. The highest BCUT2D eigenvalue weighted by Gasteiger charge is 2.55. The van der Waals surface area contributed by atoms with Gasteiger partial charge in [-0.25, -0.2) is 0 Å². The molecule has 4 aliphatic carbocycles. The molecule has 0 unspecified atom stereocenters. The smallest absolute Gasteiger partial charge is 0.370 e. The Balaban J connectivity index is 1.51. The van der Waals surface area contributed by atoms with E-state index in [0.717, 1.165) is 19.3 Å². The predicted molar refractivity (Wildman–Crippen MR) is 77.3 cm³/mol. The summed E-state index contributed by atoms with van der Waals surface area (Å²) in [6.07, 6.45) is 4.70. The van der Waals surface area contributed by atoms with Gasteiger partial charge in [-0.3, -0.25) is 9.35 Å². The van der Waals surface area contributed by atoms with Crippen LogP contribution in [0.1, 0.15) is 51.4 Å². The summed E-state index contributed by atoms with van der Waals surface area (Å²) in [5.41, 5.74) is -0.444. The standard InChI is InChI=1S/C15H22F2O5S/c16-15(17,23(19,20)21)2-1-3-22-13(18)14-7-10-4-11(8-14)6-12(5-10)9-14/h10-12H,1-9H2,(H,19,20,21). The van der Waals surface area contributed by atoms with Crippen LogP contribution in [-0.2, 0) is 19.6 Å². The van der Waals surface area contributed by atoms with Gasteiger partial charge in [-0.1, -0.05) is 0 Å². The Kier molecular flexibility index (Phi) is 4.20. The van der Waals surface area contributed by atoms with Crippen molar-refractivity contribution in [3.05, 3.63) is 0 Å². The van der Waals surface area contributed by atoms with E-state index in [2.05, 4.69) is 0 Å². The molecule has 0 spiro atoms. The minimum Gasteiger partial charge on any atom is -0.465 e. The van der Waals surface area contributed by atoms with Crippen molar-refractivity contribution >= 4 is 16.1 Å². The van der Waals surface area contributed by atoms with E-state index in [-0.39, 0.29) is 19.0 Å². The predicted octanol–water partition coefficient (Wildman–Crippen LogP) is 3.01. The van der Waals surface area contributed by atoms with Gasteiger partial charge in [-0.05, 0) is 62.7 Å². The minimum atomic E-state index is -5.41. The summed E-state index contributed by atoms with van der Waals surface area (Å²) in [5.74, 6) is 1.43. The van der Waals surface area contributed by atoms with Crippen molar-refractivity contribution in [1.82, 2.24) is 0 Å². The van der Waals surface area contributed by atoms with Gasteiger partial charge >= 0.3 is 21.3 Å². The summed E-state index contributed by atoms with van der Waals surface area (Å²) >= 11 is 0. The molecule has 0 aromatic heterocycles. The van der Waals surface area contributed by atoms with Crippen LogP contribution in [0, 0.1) is 23.2 Å². The zero-order valence-electron chi connectivity index (χ0n) is 12.8. The summed E-state index contributed by atoms with van der Waals surface area (Å²) in [6, 6.07) is 0. The molecule has 1 N–H and O–H groups in total. The van der Waals surface area contributed by atoms with Crippen molar-refractivity contribution in [1.29, 1.82) is 0 Å². The molecule has 0 heterocycles.